The number of alkyl halides is 3. The first-order valence-corrected chi connectivity index (χ1v) is 7.81. The van der Waals surface area contributed by atoms with E-state index in [1.165, 1.54) is 18.2 Å². The summed E-state index contributed by atoms with van der Waals surface area (Å²) in [7, 11) is 0. The molecule has 25 heavy (non-hydrogen) atoms. The molecule has 9 heteroatoms. The Labute approximate surface area is 142 Å². The van der Waals surface area contributed by atoms with Crippen molar-refractivity contribution in [2.45, 2.75) is 45.2 Å². The molecule has 1 heterocycles. The van der Waals surface area contributed by atoms with Gasteiger partial charge >= 0.3 is 6.18 Å². The lowest BCUT2D eigenvalue weighted by molar-refractivity contribution is -0.137. The van der Waals surface area contributed by atoms with Gasteiger partial charge in [-0.25, -0.2) is 0 Å². The smallest absolute Gasteiger partial charge is 0.339 e. The molecule has 1 amide bonds. The number of aryl methyl sites for hydroxylation is 1. The average molecular weight is 356 g/mol. The quantitative estimate of drug-likeness (QED) is 0.740. The summed E-state index contributed by atoms with van der Waals surface area (Å²) in [4.78, 5) is 15.9. The molecule has 0 unspecified atom stereocenters. The number of carbonyl (C=O) groups is 1. The lowest BCUT2D eigenvalue weighted by Crippen LogP contribution is -2.30. The molecule has 0 aliphatic carbocycles. The van der Waals surface area contributed by atoms with Crippen LogP contribution in [0.15, 0.2) is 28.8 Å². The molecule has 1 aromatic heterocycles. The lowest BCUT2D eigenvalue weighted by Gasteiger charge is -2.14. The number of carbonyl (C=O) groups excluding carboxylic acids is 1. The molecular formula is C16H19F3N4O2. The van der Waals surface area contributed by atoms with Gasteiger partial charge in [0.2, 0.25) is 11.8 Å². The van der Waals surface area contributed by atoms with Crippen molar-refractivity contribution in [3.8, 4) is 0 Å². The van der Waals surface area contributed by atoms with E-state index in [2.05, 4.69) is 21.0 Å². The fraction of sp³-hybridized carbons (Fsp3) is 0.438. The zero-order chi connectivity index (χ0) is 18.4. The van der Waals surface area contributed by atoms with E-state index in [0.29, 0.717) is 24.6 Å². The second-order valence-electron chi connectivity index (χ2n) is 5.77. The largest absolute Gasteiger partial charge is 0.418 e. The van der Waals surface area contributed by atoms with Gasteiger partial charge in [-0.3, -0.25) is 15.6 Å². The van der Waals surface area contributed by atoms with E-state index in [1.807, 2.05) is 13.8 Å². The summed E-state index contributed by atoms with van der Waals surface area (Å²) in [5, 5.41) is 3.82. The minimum Gasteiger partial charge on any atom is -0.339 e. The van der Waals surface area contributed by atoms with Crippen LogP contribution in [0.3, 0.4) is 0 Å². The van der Waals surface area contributed by atoms with Crippen LogP contribution in [0, 0.1) is 0 Å². The van der Waals surface area contributed by atoms with Gasteiger partial charge in [0.25, 0.3) is 0 Å². The standard InChI is InChI=1S/C16H19F3N4O2/c1-10(2)15-20-14(25-23-15)9-5-8-13(24)22-21-12-7-4-3-6-11(12)16(17,18)19/h3-4,6-7,10,21H,5,8-9H2,1-2H3,(H,22,24). The summed E-state index contributed by atoms with van der Waals surface area (Å²) in [6.07, 6.45) is -3.53. The van der Waals surface area contributed by atoms with Gasteiger partial charge in [-0.2, -0.15) is 18.2 Å². The first kappa shape index (κ1) is 18.8. The van der Waals surface area contributed by atoms with Crippen LogP contribution in [0.4, 0.5) is 18.9 Å². The summed E-state index contributed by atoms with van der Waals surface area (Å²) < 4.78 is 43.6. The van der Waals surface area contributed by atoms with Crippen molar-refractivity contribution in [1.29, 1.82) is 0 Å². The highest BCUT2D eigenvalue weighted by atomic mass is 19.4. The predicted octanol–water partition coefficient (Wildman–Crippen LogP) is 3.68. The molecule has 0 fully saturated rings. The van der Waals surface area contributed by atoms with Crippen LogP contribution in [0.1, 0.15) is 49.9 Å². The maximum atomic E-state index is 12.8. The third-order valence-corrected chi connectivity index (χ3v) is 3.36. The Kier molecular flexibility index (Phi) is 6.00. The molecule has 136 valence electrons. The molecule has 0 radical (unpaired) electrons. The highest BCUT2D eigenvalue weighted by molar-refractivity contribution is 5.77. The Morgan fingerprint density at radius 2 is 2.00 bits per heavy atom. The molecule has 0 spiro atoms. The van der Waals surface area contributed by atoms with Gasteiger partial charge in [0.05, 0.1) is 11.3 Å². The molecule has 0 aliphatic heterocycles. The maximum Gasteiger partial charge on any atom is 0.418 e. The number of rotatable bonds is 7. The van der Waals surface area contributed by atoms with Gasteiger partial charge in [-0.15, -0.1) is 0 Å². The first-order valence-electron chi connectivity index (χ1n) is 7.81. The Morgan fingerprint density at radius 1 is 1.28 bits per heavy atom. The van der Waals surface area contributed by atoms with Gasteiger partial charge in [-0.1, -0.05) is 31.1 Å². The third-order valence-electron chi connectivity index (χ3n) is 3.36. The number of anilines is 1. The highest BCUT2D eigenvalue weighted by Crippen LogP contribution is 2.34. The van der Waals surface area contributed by atoms with Crippen molar-refractivity contribution in [2.24, 2.45) is 0 Å². The summed E-state index contributed by atoms with van der Waals surface area (Å²) in [5.74, 6) is 0.760. The van der Waals surface area contributed by atoms with E-state index in [9.17, 15) is 18.0 Å². The fourth-order valence-corrected chi connectivity index (χ4v) is 2.04. The summed E-state index contributed by atoms with van der Waals surface area (Å²) >= 11 is 0. The van der Waals surface area contributed by atoms with Crippen molar-refractivity contribution in [3.63, 3.8) is 0 Å². The second-order valence-corrected chi connectivity index (χ2v) is 5.77. The number of nitrogens with zero attached hydrogens (tertiary/aromatic N) is 2. The third kappa shape index (κ3) is 5.47. The van der Waals surface area contributed by atoms with Crippen molar-refractivity contribution in [2.75, 3.05) is 5.43 Å². The van der Waals surface area contributed by atoms with Crippen LogP contribution in [0.2, 0.25) is 0 Å². The van der Waals surface area contributed by atoms with Crippen LogP contribution in [0.25, 0.3) is 0 Å². The van der Waals surface area contributed by atoms with Crippen LogP contribution < -0.4 is 10.9 Å². The minimum absolute atomic E-state index is 0.112. The number of hydrogen-bond donors (Lipinski definition) is 2. The number of nitrogens with one attached hydrogen (secondary N) is 2. The van der Waals surface area contributed by atoms with E-state index in [1.54, 1.807) is 0 Å². The van der Waals surface area contributed by atoms with Crippen molar-refractivity contribution in [3.05, 3.63) is 41.5 Å². The molecule has 2 N–H and O–H groups in total. The Hall–Kier alpha value is -2.58. The van der Waals surface area contributed by atoms with Gasteiger partial charge in [0.1, 0.15) is 0 Å². The number of halogens is 3. The summed E-state index contributed by atoms with van der Waals surface area (Å²) in [6.45, 7) is 3.87. The predicted molar refractivity (Wildman–Crippen MR) is 84.5 cm³/mol. The van der Waals surface area contributed by atoms with Gasteiger partial charge in [-0.05, 0) is 18.6 Å². The van der Waals surface area contributed by atoms with E-state index in [4.69, 9.17) is 4.52 Å². The molecule has 2 rings (SSSR count). The molecular weight excluding hydrogens is 337 g/mol. The monoisotopic (exact) mass is 356 g/mol. The average Bonchev–Trinajstić information content (AvgIpc) is 3.01. The molecule has 0 aliphatic rings. The topological polar surface area (TPSA) is 80.0 Å². The maximum absolute atomic E-state index is 12.8. The number of hydrazine groups is 1. The van der Waals surface area contributed by atoms with Gasteiger partial charge in [0.15, 0.2) is 5.82 Å². The molecule has 2 aromatic rings. The molecule has 0 saturated heterocycles. The first-order chi connectivity index (χ1) is 11.8. The number of para-hydroxylation sites is 1. The molecule has 0 atom stereocenters. The molecule has 0 bridgehead atoms. The minimum atomic E-state index is -4.50. The SMILES string of the molecule is CC(C)c1noc(CCCC(=O)NNc2ccccc2C(F)(F)F)n1. The van der Waals surface area contributed by atoms with Crippen LogP contribution >= 0.6 is 0 Å². The molecule has 1 aromatic carbocycles. The van der Waals surface area contributed by atoms with Crippen molar-refractivity contribution < 1.29 is 22.5 Å². The molecule has 6 nitrogen and oxygen atoms in total. The summed E-state index contributed by atoms with van der Waals surface area (Å²) in [5.41, 5.74) is 3.53. The zero-order valence-corrected chi connectivity index (χ0v) is 13.9. The number of aromatic nitrogens is 2. The lowest BCUT2D eigenvalue weighted by atomic mass is 10.2. The van der Waals surface area contributed by atoms with Crippen LogP contribution in [-0.2, 0) is 17.4 Å². The Bertz CT molecular complexity index is 713. The van der Waals surface area contributed by atoms with Gasteiger partial charge in [0, 0.05) is 18.8 Å². The Morgan fingerprint density at radius 3 is 2.64 bits per heavy atom. The van der Waals surface area contributed by atoms with E-state index >= 15 is 0 Å². The van der Waals surface area contributed by atoms with Crippen molar-refractivity contribution in [1.82, 2.24) is 15.6 Å². The number of benzene rings is 1. The number of hydrogen-bond acceptors (Lipinski definition) is 5. The zero-order valence-electron chi connectivity index (χ0n) is 13.9. The van der Waals surface area contributed by atoms with Gasteiger partial charge < -0.3 is 4.52 Å². The van der Waals surface area contributed by atoms with E-state index in [0.717, 1.165) is 6.07 Å². The second kappa shape index (κ2) is 8.00. The van der Waals surface area contributed by atoms with Crippen molar-refractivity contribution >= 4 is 11.6 Å². The van der Waals surface area contributed by atoms with E-state index in [-0.39, 0.29) is 18.0 Å². The molecule has 0 saturated carbocycles. The normalized spacial score (nSPS) is 11.6. The van der Waals surface area contributed by atoms with Crippen LogP contribution in [0.5, 0.6) is 0 Å². The van der Waals surface area contributed by atoms with E-state index < -0.39 is 17.6 Å². The van der Waals surface area contributed by atoms with Crippen LogP contribution in [-0.4, -0.2) is 16.0 Å². The number of amides is 1. The summed E-state index contributed by atoms with van der Waals surface area (Å²) in [6, 6.07) is 4.92. The fourth-order valence-electron chi connectivity index (χ4n) is 2.04. The highest BCUT2D eigenvalue weighted by Gasteiger charge is 2.33. The Balaban J connectivity index is 1.79.